The van der Waals surface area contributed by atoms with Crippen molar-refractivity contribution in [2.24, 2.45) is 18.4 Å². The monoisotopic (exact) mass is 818 g/mol. The van der Waals surface area contributed by atoms with Crippen LogP contribution in [0.4, 0.5) is 20.2 Å². The predicted molar refractivity (Wildman–Crippen MR) is 220 cm³/mol. The number of benzene rings is 2. The Morgan fingerprint density at radius 2 is 1.82 bits per heavy atom. The van der Waals surface area contributed by atoms with Gasteiger partial charge in [-0.2, -0.15) is 15.5 Å². The van der Waals surface area contributed by atoms with Crippen molar-refractivity contribution >= 4 is 50.9 Å². The Kier molecular flexibility index (Phi) is 10.3. The van der Waals surface area contributed by atoms with Gasteiger partial charge in [0, 0.05) is 73.9 Å². The second-order valence-electron chi connectivity index (χ2n) is 17.1. The van der Waals surface area contributed by atoms with Crippen molar-refractivity contribution in [1.82, 2.24) is 34.8 Å². The number of imide groups is 1. The van der Waals surface area contributed by atoms with Gasteiger partial charge in [0.1, 0.15) is 11.8 Å². The quantitative estimate of drug-likeness (QED) is 0.169. The molecule has 0 radical (unpaired) electrons. The highest BCUT2D eigenvalue weighted by molar-refractivity contribution is 6.06. The standard InChI is InChI=1S/C44H48F2N10O4/c1-53-40-32(39(52-53)33-10-11-38(57)50-42(33)59)4-3-5-36(40)55-16-13-43(14-17-55)12-15-54(26-44(43,45)46)24-27-6-8-31(9-7-27)56-25-30-19-35(37(60-2)20-34(30)51-56)49-41(58)29-18-28(21-47)22-48-23-29/h3-5,18-20,22-23,25,27,31,33H,6-17,24,26H2,1-2H3,(H,49,58)(H,50,57,59). The third-order valence-electron chi connectivity index (χ3n) is 13.5. The maximum atomic E-state index is 16.3. The van der Waals surface area contributed by atoms with Gasteiger partial charge in [-0.25, -0.2) is 8.78 Å². The van der Waals surface area contributed by atoms with Crippen molar-refractivity contribution < 1.29 is 27.9 Å². The molecule has 2 N–H and O–H groups in total. The number of nitriles is 1. The van der Waals surface area contributed by atoms with E-state index >= 15 is 8.78 Å². The normalized spacial score (nSPS) is 23.1. The molecular formula is C44H48F2N10O4. The number of nitrogens with one attached hydrogen (secondary N) is 2. The first-order valence-electron chi connectivity index (χ1n) is 20.8. The van der Waals surface area contributed by atoms with Crippen LogP contribution in [0.15, 0.2) is 55.0 Å². The average Bonchev–Trinajstić information content (AvgIpc) is 3.82. The van der Waals surface area contributed by atoms with Crippen molar-refractivity contribution in [3.63, 3.8) is 0 Å². The Morgan fingerprint density at radius 1 is 1.03 bits per heavy atom. The van der Waals surface area contributed by atoms with Gasteiger partial charge in [-0.3, -0.25) is 38.9 Å². The summed E-state index contributed by atoms with van der Waals surface area (Å²) in [6.45, 7) is 2.13. The number of hydrogen-bond acceptors (Lipinski definition) is 10. The maximum absolute atomic E-state index is 16.3. The number of hydrogen-bond donors (Lipinski definition) is 2. The van der Waals surface area contributed by atoms with E-state index in [1.165, 1.54) is 25.6 Å². The van der Waals surface area contributed by atoms with Crippen molar-refractivity contribution in [3.05, 3.63) is 71.8 Å². The fourth-order valence-corrected chi connectivity index (χ4v) is 10.1. The number of likely N-dealkylation sites (tertiary alicyclic amines) is 1. The Hall–Kier alpha value is -5.95. The summed E-state index contributed by atoms with van der Waals surface area (Å²) in [5.74, 6) is -3.53. The summed E-state index contributed by atoms with van der Waals surface area (Å²) in [6.07, 6.45) is 10.4. The van der Waals surface area contributed by atoms with E-state index in [2.05, 4.69) is 20.5 Å². The van der Waals surface area contributed by atoms with E-state index < -0.39 is 23.2 Å². The largest absolute Gasteiger partial charge is 0.494 e. The molecule has 5 aromatic rings. The molecule has 312 valence electrons. The number of para-hydroxylation sites is 1. The third-order valence-corrected chi connectivity index (χ3v) is 13.5. The molecule has 1 saturated carbocycles. The molecule has 60 heavy (non-hydrogen) atoms. The second kappa shape index (κ2) is 15.6. The number of ether oxygens (including phenoxy) is 1. The lowest BCUT2D eigenvalue weighted by Crippen LogP contribution is -2.59. The SMILES string of the molecule is COc1cc2nn(C3CCC(CN4CCC5(CCN(c6cccc7c(C8CCC(=O)NC8=O)nn(C)c67)CC5)C(F)(F)C4)CC3)cc2cc1NC(=O)c1cncc(C#N)c1. The number of aromatic nitrogens is 5. The predicted octanol–water partition coefficient (Wildman–Crippen LogP) is 6.33. The number of amides is 3. The van der Waals surface area contributed by atoms with Gasteiger partial charge in [-0.1, -0.05) is 12.1 Å². The van der Waals surface area contributed by atoms with Gasteiger partial charge in [-0.15, -0.1) is 0 Å². The van der Waals surface area contributed by atoms with Gasteiger partial charge in [0.25, 0.3) is 11.8 Å². The topological polar surface area (TPSA) is 163 Å². The highest BCUT2D eigenvalue weighted by Crippen LogP contribution is 2.52. The first-order valence-corrected chi connectivity index (χ1v) is 20.8. The van der Waals surface area contributed by atoms with Gasteiger partial charge in [0.2, 0.25) is 11.8 Å². The number of methoxy groups -OCH3 is 1. The molecule has 16 heteroatoms. The number of carbonyl (C=O) groups excluding carboxylic acids is 3. The number of piperidine rings is 3. The zero-order valence-electron chi connectivity index (χ0n) is 33.8. The molecule has 3 aromatic heterocycles. The molecule has 1 aliphatic carbocycles. The number of carbonyl (C=O) groups is 3. The van der Waals surface area contributed by atoms with Crippen LogP contribution in [0, 0.1) is 22.7 Å². The van der Waals surface area contributed by atoms with Crippen LogP contribution in [0.5, 0.6) is 5.75 Å². The van der Waals surface area contributed by atoms with E-state index in [0.717, 1.165) is 53.2 Å². The number of pyridine rings is 1. The molecule has 1 unspecified atom stereocenters. The lowest BCUT2D eigenvalue weighted by Gasteiger charge is -2.52. The van der Waals surface area contributed by atoms with Crippen LogP contribution in [0.1, 0.15) is 91.4 Å². The number of alkyl halides is 2. The fraction of sp³-hybridized carbons (Fsp3) is 0.477. The first kappa shape index (κ1) is 39.5. The van der Waals surface area contributed by atoms with Crippen LogP contribution in [-0.2, 0) is 16.6 Å². The average molecular weight is 819 g/mol. The summed E-state index contributed by atoms with van der Waals surface area (Å²) >= 11 is 0. The van der Waals surface area contributed by atoms with Crippen LogP contribution >= 0.6 is 0 Å². The van der Waals surface area contributed by atoms with E-state index in [-0.39, 0.29) is 36.4 Å². The van der Waals surface area contributed by atoms with Gasteiger partial charge in [-0.05, 0) is 82.0 Å². The van der Waals surface area contributed by atoms with Gasteiger partial charge in [0.05, 0.1) is 64.8 Å². The van der Waals surface area contributed by atoms with E-state index in [0.29, 0.717) is 80.5 Å². The Bertz CT molecular complexity index is 2530. The molecule has 14 nitrogen and oxygen atoms in total. The molecule has 4 aliphatic rings. The van der Waals surface area contributed by atoms with Crippen LogP contribution in [0.3, 0.4) is 0 Å². The van der Waals surface area contributed by atoms with E-state index in [1.807, 2.05) is 53.2 Å². The zero-order chi connectivity index (χ0) is 41.8. The van der Waals surface area contributed by atoms with Crippen LogP contribution in [0.25, 0.3) is 21.8 Å². The molecule has 1 atom stereocenters. The minimum atomic E-state index is -2.81. The Morgan fingerprint density at radius 3 is 2.55 bits per heavy atom. The summed E-state index contributed by atoms with van der Waals surface area (Å²) in [7, 11) is 3.38. The molecule has 3 aliphatic heterocycles. The molecule has 9 rings (SSSR count). The molecule has 0 bridgehead atoms. The molecule has 4 fully saturated rings. The maximum Gasteiger partial charge on any atom is 0.266 e. The van der Waals surface area contributed by atoms with Crippen molar-refractivity contribution in [3.8, 4) is 11.8 Å². The molecule has 3 amide bonds. The third kappa shape index (κ3) is 7.22. The number of aryl methyl sites for hydroxylation is 1. The van der Waals surface area contributed by atoms with Crippen molar-refractivity contribution in [2.75, 3.05) is 50.1 Å². The molecule has 3 saturated heterocycles. The Labute approximate surface area is 345 Å². The number of fused-ring (bicyclic) bond motifs is 2. The van der Waals surface area contributed by atoms with Crippen LogP contribution in [-0.4, -0.2) is 92.9 Å². The van der Waals surface area contributed by atoms with Crippen LogP contribution in [0.2, 0.25) is 0 Å². The summed E-state index contributed by atoms with van der Waals surface area (Å²) < 4.78 is 42.0. The summed E-state index contributed by atoms with van der Waals surface area (Å²) in [4.78, 5) is 45.6. The molecule has 6 heterocycles. The minimum absolute atomic E-state index is 0.176. The molecular weight excluding hydrogens is 771 g/mol. The lowest BCUT2D eigenvalue weighted by molar-refractivity contribution is -0.179. The molecule has 1 spiro atoms. The van der Waals surface area contributed by atoms with Gasteiger partial charge < -0.3 is 15.0 Å². The number of halogens is 2. The van der Waals surface area contributed by atoms with Crippen LogP contribution < -0.4 is 20.3 Å². The van der Waals surface area contributed by atoms with Crippen molar-refractivity contribution in [2.45, 2.75) is 75.7 Å². The Balaban J connectivity index is 0.798. The smallest absolute Gasteiger partial charge is 0.266 e. The van der Waals surface area contributed by atoms with E-state index in [4.69, 9.17) is 14.9 Å². The second-order valence-corrected chi connectivity index (χ2v) is 17.1. The minimum Gasteiger partial charge on any atom is -0.494 e. The molecule has 2 aromatic carbocycles. The highest BCUT2D eigenvalue weighted by atomic mass is 19.3. The first-order chi connectivity index (χ1) is 28.9. The van der Waals surface area contributed by atoms with E-state index in [1.54, 1.807) is 10.7 Å². The number of anilines is 2. The summed E-state index contributed by atoms with van der Waals surface area (Å²) in [5, 5.41) is 25.8. The van der Waals surface area contributed by atoms with Gasteiger partial charge in [0.15, 0.2) is 0 Å². The van der Waals surface area contributed by atoms with E-state index in [9.17, 15) is 19.6 Å². The highest BCUT2D eigenvalue weighted by Gasteiger charge is 2.57. The number of nitrogens with zero attached hydrogens (tertiary/aromatic N) is 8. The summed E-state index contributed by atoms with van der Waals surface area (Å²) in [5.41, 5.74) is 3.19. The summed E-state index contributed by atoms with van der Waals surface area (Å²) in [6, 6.07) is 13.2. The lowest BCUT2D eigenvalue weighted by atomic mass is 9.68. The number of rotatable bonds is 8. The zero-order valence-corrected chi connectivity index (χ0v) is 33.8. The van der Waals surface area contributed by atoms with Gasteiger partial charge >= 0.3 is 0 Å². The fourth-order valence-electron chi connectivity index (χ4n) is 10.1. The van der Waals surface area contributed by atoms with Crippen molar-refractivity contribution in [1.29, 1.82) is 5.26 Å².